The van der Waals surface area contributed by atoms with E-state index >= 15 is 0 Å². The van der Waals surface area contributed by atoms with E-state index in [9.17, 15) is 18.0 Å². The number of nitrogens with zero attached hydrogens (tertiary/aromatic N) is 3. The quantitative estimate of drug-likeness (QED) is 0.685. The lowest BCUT2D eigenvalue weighted by Crippen LogP contribution is -2.19. The lowest BCUT2D eigenvalue weighted by Gasteiger charge is -2.13. The second-order valence-electron chi connectivity index (χ2n) is 5.62. The molecular formula is C14H15N5O5S2. The highest BCUT2D eigenvalue weighted by Crippen LogP contribution is 2.34. The molecular weight excluding hydrogens is 382 g/mol. The normalized spacial score (nSPS) is 13.8. The lowest BCUT2D eigenvalue weighted by atomic mass is 10.0. The Bertz CT molecular complexity index is 1060. The zero-order chi connectivity index (χ0) is 19.2. The first-order chi connectivity index (χ1) is 12.1. The number of hydrogen-bond donors (Lipinski definition) is 3. The molecule has 0 aliphatic heterocycles. The number of aryl methyl sites for hydroxylation is 1. The van der Waals surface area contributed by atoms with Crippen molar-refractivity contribution in [2.45, 2.75) is 30.9 Å². The molecule has 0 saturated carbocycles. The first-order valence-corrected chi connectivity index (χ1v) is 9.68. The first-order valence-electron chi connectivity index (χ1n) is 7.42. The number of nitrogens with one attached hydrogen (secondary N) is 1. The Balaban J connectivity index is 2.12. The molecule has 0 fully saturated rings. The third-order valence-corrected chi connectivity index (χ3v) is 7.11. The van der Waals surface area contributed by atoms with E-state index in [2.05, 4.69) is 15.3 Å². The molecule has 26 heavy (non-hydrogen) atoms. The number of fused-ring (bicyclic) bond motifs is 1. The van der Waals surface area contributed by atoms with Crippen LogP contribution in [0.3, 0.4) is 0 Å². The predicted molar refractivity (Wildman–Crippen MR) is 94.3 cm³/mol. The van der Waals surface area contributed by atoms with Gasteiger partial charge in [-0.25, -0.2) is 18.7 Å². The number of carboxylic acids is 1. The molecule has 2 aromatic heterocycles. The summed E-state index contributed by atoms with van der Waals surface area (Å²) in [7, 11) is -4.09. The second-order valence-corrected chi connectivity index (χ2v) is 8.60. The van der Waals surface area contributed by atoms with Crippen molar-refractivity contribution in [3.05, 3.63) is 22.7 Å². The number of amides is 1. The van der Waals surface area contributed by atoms with Crippen molar-refractivity contribution in [3.8, 4) is 0 Å². The van der Waals surface area contributed by atoms with Crippen LogP contribution in [-0.2, 0) is 26.0 Å². The van der Waals surface area contributed by atoms with Gasteiger partial charge in [0.1, 0.15) is 0 Å². The van der Waals surface area contributed by atoms with Crippen LogP contribution in [0.15, 0.2) is 9.78 Å². The maximum atomic E-state index is 13.1. The average Bonchev–Trinajstić information content (AvgIpc) is 3.05. The van der Waals surface area contributed by atoms with Gasteiger partial charge in [-0.3, -0.25) is 4.79 Å². The van der Waals surface area contributed by atoms with E-state index in [1.807, 2.05) is 0 Å². The molecule has 1 amide bonds. The largest absolute Gasteiger partial charge is 0.478 e. The van der Waals surface area contributed by atoms with Crippen LogP contribution < -0.4 is 11.1 Å². The number of thiazole rings is 1. The van der Waals surface area contributed by atoms with E-state index in [4.69, 9.17) is 10.8 Å². The number of carbonyl (C=O) groups is 2. The van der Waals surface area contributed by atoms with Crippen molar-refractivity contribution in [3.63, 3.8) is 0 Å². The van der Waals surface area contributed by atoms with Gasteiger partial charge in [-0.15, -0.1) is 0 Å². The van der Waals surface area contributed by atoms with E-state index in [-0.39, 0.29) is 51.0 Å². The van der Waals surface area contributed by atoms with Crippen LogP contribution >= 0.6 is 11.3 Å². The summed E-state index contributed by atoms with van der Waals surface area (Å²) in [5.74, 6) is -1.70. The van der Waals surface area contributed by atoms with Crippen molar-refractivity contribution in [2.24, 2.45) is 0 Å². The van der Waals surface area contributed by atoms with Gasteiger partial charge in [-0.2, -0.15) is 8.42 Å². The molecule has 0 atom stereocenters. The Morgan fingerprint density at radius 1 is 1.35 bits per heavy atom. The van der Waals surface area contributed by atoms with Crippen LogP contribution in [0.25, 0.3) is 6.08 Å². The molecule has 1 aliphatic rings. The SMILES string of the molecule is CC(=O)Nc1nc(C)c(S(=O)(=O)n2c(N)nc3c2CCC(C(=O)O)=C3)s1. The number of nitrogen functional groups attached to an aromatic ring is 1. The van der Waals surface area contributed by atoms with Gasteiger partial charge in [0, 0.05) is 12.5 Å². The summed E-state index contributed by atoms with van der Waals surface area (Å²) < 4.78 is 27.0. The molecule has 12 heteroatoms. The van der Waals surface area contributed by atoms with Crippen molar-refractivity contribution in [1.29, 1.82) is 0 Å². The predicted octanol–water partition coefficient (Wildman–Crippen LogP) is 0.840. The van der Waals surface area contributed by atoms with Gasteiger partial charge >= 0.3 is 5.97 Å². The molecule has 2 heterocycles. The van der Waals surface area contributed by atoms with Crippen molar-refractivity contribution < 1.29 is 23.1 Å². The molecule has 0 spiro atoms. The van der Waals surface area contributed by atoms with E-state index < -0.39 is 16.0 Å². The van der Waals surface area contributed by atoms with Gasteiger partial charge in [0.05, 0.1) is 17.1 Å². The zero-order valence-electron chi connectivity index (χ0n) is 13.8. The maximum Gasteiger partial charge on any atom is 0.331 e. The molecule has 0 unspecified atom stereocenters. The standard InChI is InChI=1S/C14H15N5O5S2/c1-6-12(25-14(16-6)17-7(2)20)26(23,24)19-10-4-3-8(11(21)22)5-9(10)18-13(19)15/h5H,3-4H2,1-2H3,(H2,15,18)(H,21,22)(H,16,17,20). The van der Waals surface area contributed by atoms with Crippen molar-refractivity contribution in [1.82, 2.24) is 13.9 Å². The average molecular weight is 397 g/mol. The summed E-state index contributed by atoms with van der Waals surface area (Å²) in [5.41, 5.74) is 6.72. The van der Waals surface area contributed by atoms with E-state index in [1.165, 1.54) is 19.9 Å². The molecule has 138 valence electrons. The smallest absolute Gasteiger partial charge is 0.331 e. The van der Waals surface area contributed by atoms with Crippen molar-refractivity contribution in [2.75, 3.05) is 11.1 Å². The number of aliphatic carboxylic acids is 1. The van der Waals surface area contributed by atoms with Gasteiger partial charge in [-0.1, -0.05) is 11.3 Å². The van der Waals surface area contributed by atoms with Crippen LogP contribution in [0.5, 0.6) is 0 Å². The van der Waals surface area contributed by atoms with E-state index in [1.54, 1.807) is 0 Å². The molecule has 3 rings (SSSR count). The summed E-state index contributed by atoms with van der Waals surface area (Å²) in [5, 5.41) is 11.7. The minimum Gasteiger partial charge on any atom is -0.478 e. The number of rotatable bonds is 4. The lowest BCUT2D eigenvalue weighted by molar-refractivity contribution is -0.132. The van der Waals surface area contributed by atoms with Gasteiger partial charge in [0.25, 0.3) is 10.0 Å². The Morgan fingerprint density at radius 3 is 2.65 bits per heavy atom. The summed E-state index contributed by atoms with van der Waals surface area (Å²) in [4.78, 5) is 30.3. The minimum absolute atomic E-state index is 0.0684. The minimum atomic E-state index is -4.09. The van der Waals surface area contributed by atoms with Crippen LogP contribution in [0, 0.1) is 6.92 Å². The molecule has 0 radical (unpaired) electrons. The molecule has 1 aliphatic carbocycles. The molecule has 4 N–H and O–H groups in total. The van der Waals surface area contributed by atoms with Crippen LogP contribution in [0.4, 0.5) is 11.1 Å². The maximum absolute atomic E-state index is 13.1. The molecule has 0 aromatic carbocycles. The molecule has 0 saturated heterocycles. The van der Waals surface area contributed by atoms with Gasteiger partial charge in [0.2, 0.25) is 11.9 Å². The van der Waals surface area contributed by atoms with E-state index in [0.29, 0.717) is 5.69 Å². The van der Waals surface area contributed by atoms with Crippen molar-refractivity contribution >= 4 is 50.4 Å². The van der Waals surface area contributed by atoms with Crippen LogP contribution in [-0.4, -0.2) is 39.3 Å². The molecule has 0 bridgehead atoms. The highest BCUT2D eigenvalue weighted by Gasteiger charge is 2.32. The number of hydrogen-bond acceptors (Lipinski definition) is 8. The Hall–Kier alpha value is -2.73. The first kappa shape index (κ1) is 18.1. The van der Waals surface area contributed by atoms with E-state index in [0.717, 1.165) is 15.3 Å². The Labute approximate surface area is 152 Å². The van der Waals surface area contributed by atoms with Gasteiger partial charge < -0.3 is 16.2 Å². The second kappa shape index (κ2) is 6.21. The number of imidazole rings is 1. The summed E-state index contributed by atoms with van der Waals surface area (Å²) in [6, 6.07) is 0. The fourth-order valence-electron chi connectivity index (χ4n) is 2.66. The fraction of sp³-hybridized carbons (Fsp3) is 0.286. The Kier molecular flexibility index (Phi) is 4.32. The molecule has 10 nitrogen and oxygen atoms in total. The molecule has 2 aromatic rings. The third kappa shape index (κ3) is 2.97. The highest BCUT2D eigenvalue weighted by atomic mass is 32.2. The number of nitrogens with two attached hydrogens (primary N) is 1. The third-order valence-electron chi connectivity index (χ3n) is 3.71. The van der Waals surface area contributed by atoms with Gasteiger partial charge in [-0.05, 0) is 25.8 Å². The zero-order valence-corrected chi connectivity index (χ0v) is 15.4. The number of carbonyl (C=O) groups excluding carboxylic acids is 1. The summed E-state index contributed by atoms with van der Waals surface area (Å²) in [6.45, 7) is 2.80. The summed E-state index contributed by atoms with van der Waals surface area (Å²) in [6.07, 6.45) is 1.67. The topological polar surface area (TPSA) is 157 Å². The number of carboxylic acid groups (broad SMARTS) is 1. The van der Waals surface area contributed by atoms with Gasteiger partial charge in [0.15, 0.2) is 9.34 Å². The fourth-order valence-corrected chi connectivity index (χ4v) is 5.63. The number of aromatic nitrogens is 3. The highest BCUT2D eigenvalue weighted by molar-refractivity contribution is 7.92. The van der Waals surface area contributed by atoms with Crippen LogP contribution in [0.1, 0.15) is 30.4 Å². The Morgan fingerprint density at radius 2 is 2.04 bits per heavy atom. The van der Waals surface area contributed by atoms with Crippen LogP contribution in [0.2, 0.25) is 0 Å². The monoisotopic (exact) mass is 397 g/mol. The summed E-state index contributed by atoms with van der Waals surface area (Å²) >= 11 is 0.813. The number of anilines is 2.